The van der Waals surface area contributed by atoms with Crippen molar-refractivity contribution in [1.29, 1.82) is 0 Å². The van der Waals surface area contributed by atoms with E-state index in [2.05, 4.69) is 76.3 Å². The number of rotatable bonds is 6. The van der Waals surface area contributed by atoms with Crippen LogP contribution in [-0.4, -0.2) is 14.9 Å². The molecule has 0 aromatic heterocycles. The molecule has 23 heavy (non-hydrogen) atoms. The van der Waals surface area contributed by atoms with Crippen LogP contribution in [0.2, 0.25) is 18.1 Å². The molecule has 2 heteroatoms. The first-order valence-electron chi connectivity index (χ1n) is 8.90. The largest absolute Gasteiger partial charge is 0.417 e. The Kier molecular flexibility index (Phi) is 6.04. The Balaban J connectivity index is 1.90. The van der Waals surface area contributed by atoms with E-state index in [0.717, 1.165) is 25.9 Å². The van der Waals surface area contributed by atoms with Crippen LogP contribution >= 0.6 is 0 Å². The van der Waals surface area contributed by atoms with Crippen molar-refractivity contribution < 1.29 is 4.43 Å². The second-order valence-corrected chi connectivity index (χ2v) is 12.8. The van der Waals surface area contributed by atoms with Gasteiger partial charge in [-0.15, -0.1) is 0 Å². The Morgan fingerprint density at radius 3 is 2.30 bits per heavy atom. The molecule has 1 aliphatic rings. The predicted molar refractivity (Wildman–Crippen MR) is 104 cm³/mol. The van der Waals surface area contributed by atoms with Gasteiger partial charge in [0.25, 0.3) is 0 Å². The van der Waals surface area contributed by atoms with Crippen LogP contribution in [0, 0.1) is 0 Å². The van der Waals surface area contributed by atoms with Crippen molar-refractivity contribution >= 4 is 13.9 Å². The van der Waals surface area contributed by atoms with Crippen LogP contribution in [0.4, 0.5) is 0 Å². The standard InChI is InChI=1S/C21H32OSi/c1-21(2,3)23(4,5)22-17-11-15-19-14-9-10-16-20(19)18-12-7-6-8-13-18/h6-8,12-14,16H,9-11,15,17H2,1-5H3. The maximum atomic E-state index is 6.32. The molecule has 1 nitrogen and oxygen atoms in total. The number of hydrogen-bond donors (Lipinski definition) is 0. The van der Waals surface area contributed by atoms with Crippen LogP contribution in [0.5, 0.6) is 0 Å². The van der Waals surface area contributed by atoms with Crippen LogP contribution in [0.1, 0.15) is 52.0 Å². The van der Waals surface area contributed by atoms with Gasteiger partial charge in [-0.2, -0.15) is 0 Å². The summed E-state index contributed by atoms with van der Waals surface area (Å²) < 4.78 is 6.32. The van der Waals surface area contributed by atoms with Gasteiger partial charge in [-0.05, 0) is 60.5 Å². The first-order chi connectivity index (χ1) is 10.8. The highest BCUT2D eigenvalue weighted by molar-refractivity contribution is 6.74. The molecule has 0 aliphatic heterocycles. The quantitative estimate of drug-likeness (QED) is 0.422. The fourth-order valence-corrected chi connectivity index (χ4v) is 3.78. The molecule has 0 unspecified atom stereocenters. The maximum Gasteiger partial charge on any atom is 0.191 e. The Labute approximate surface area is 143 Å². The van der Waals surface area contributed by atoms with Crippen molar-refractivity contribution in [3.8, 4) is 0 Å². The van der Waals surface area contributed by atoms with Crippen molar-refractivity contribution in [1.82, 2.24) is 0 Å². The summed E-state index contributed by atoms with van der Waals surface area (Å²) in [5, 5.41) is 0.298. The van der Waals surface area contributed by atoms with Crippen LogP contribution in [0.15, 0.2) is 48.1 Å². The molecule has 0 bridgehead atoms. The third kappa shape index (κ3) is 4.92. The van der Waals surface area contributed by atoms with Gasteiger partial charge in [0.15, 0.2) is 8.32 Å². The highest BCUT2D eigenvalue weighted by Crippen LogP contribution is 2.37. The Bertz CT molecular complexity index is 561. The molecule has 1 aliphatic carbocycles. The molecule has 0 N–H and O–H groups in total. The topological polar surface area (TPSA) is 9.23 Å². The van der Waals surface area contributed by atoms with E-state index in [1.807, 2.05) is 0 Å². The SMILES string of the molecule is CC(C)(C)[Si](C)(C)OCCCC1=CCCC=C1c1ccccc1. The molecule has 2 rings (SSSR count). The molecule has 0 fully saturated rings. The molecule has 0 heterocycles. The molecule has 1 aromatic rings. The highest BCUT2D eigenvalue weighted by Gasteiger charge is 2.36. The van der Waals surface area contributed by atoms with Crippen molar-refractivity contribution in [3.63, 3.8) is 0 Å². The summed E-state index contributed by atoms with van der Waals surface area (Å²) in [4.78, 5) is 0. The van der Waals surface area contributed by atoms with Gasteiger partial charge in [-0.3, -0.25) is 0 Å². The summed E-state index contributed by atoms with van der Waals surface area (Å²) in [5.41, 5.74) is 4.29. The van der Waals surface area contributed by atoms with Gasteiger partial charge in [0.2, 0.25) is 0 Å². The summed E-state index contributed by atoms with van der Waals surface area (Å²) in [5.74, 6) is 0. The summed E-state index contributed by atoms with van der Waals surface area (Å²) in [6.07, 6.45) is 9.40. The number of benzene rings is 1. The van der Waals surface area contributed by atoms with E-state index in [1.54, 1.807) is 0 Å². The second-order valence-electron chi connectivity index (χ2n) is 8.00. The molecule has 0 atom stereocenters. The summed E-state index contributed by atoms with van der Waals surface area (Å²) in [6, 6.07) is 10.8. The monoisotopic (exact) mass is 328 g/mol. The molecule has 0 amide bonds. The van der Waals surface area contributed by atoms with Crippen molar-refractivity contribution in [2.75, 3.05) is 6.61 Å². The molecule has 126 valence electrons. The van der Waals surface area contributed by atoms with Crippen molar-refractivity contribution in [3.05, 3.63) is 53.6 Å². The van der Waals surface area contributed by atoms with Gasteiger partial charge >= 0.3 is 0 Å². The smallest absolute Gasteiger partial charge is 0.191 e. The van der Waals surface area contributed by atoms with Crippen LogP contribution in [0.25, 0.3) is 5.57 Å². The lowest BCUT2D eigenvalue weighted by Gasteiger charge is -2.36. The fraction of sp³-hybridized carbons (Fsp3) is 0.524. The van der Waals surface area contributed by atoms with Gasteiger partial charge in [0.05, 0.1) is 0 Å². The minimum Gasteiger partial charge on any atom is -0.417 e. The van der Waals surface area contributed by atoms with Crippen LogP contribution in [-0.2, 0) is 4.43 Å². The third-order valence-corrected chi connectivity index (χ3v) is 9.73. The van der Waals surface area contributed by atoms with Crippen LogP contribution in [0.3, 0.4) is 0 Å². The molecular formula is C21H32OSi. The van der Waals surface area contributed by atoms with Crippen molar-refractivity contribution in [2.45, 2.75) is 64.6 Å². The zero-order valence-electron chi connectivity index (χ0n) is 15.5. The number of hydrogen-bond acceptors (Lipinski definition) is 1. The average Bonchev–Trinajstić information content (AvgIpc) is 2.52. The molecule has 1 aromatic carbocycles. The molecule has 0 saturated carbocycles. The predicted octanol–water partition coefficient (Wildman–Crippen LogP) is 6.59. The first kappa shape index (κ1) is 18.2. The summed E-state index contributed by atoms with van der Waals surface area (Å²) in [7, 11) is -1.61. The van der Waals surface area contributed by atoms with Gasteiger partial charge in [-0.25, -0.2) is 0 Å². The zero-order chi connectivity index (χ0) is 16.9. The Morgan fingerprint density at radius 2 is 1.65 bits per heavy atom. The van der Waals surface area contributed by atoms with E-state index >= 15 is 0 Å². The van der Waals surface area contributed by atoms with Gasteiger partial charge in [0, 0.05) is 6.61 Å². The van der Waals surface area contributed by atoms with E-state index in [0.29, 0.717) is 5.04 Å². The van der Waals surface area contributed by atoms with Gasteiger partial charge in [-0.1, -0.05) is 63.3 Å². The van der Waals surface area contributed by atoms with E-state index in [1.165, 1.54) is 23.1 Å². The van der Waals surface area contributed by atoms with E-state index < -0.39 is 8.32 Å². The normalized spacial score (nSPS) is 16.0. The summed E-state index contributed by atoms with van der Waals surface area (Å²) in [6.45, 7) is 12.5. The Morgan fingerprint density at radius 1 is 1.00 bits per heavy atom. The molecule has 0 radical (unpaired) electrons. The van der Waals surface area contributed by atoms with Gasteiger partial charge in [0.1, 0.15) is 0 Å². The molecule has 0 spiro atoms. The second kappa shape index (κ2) is 7.63. The lowest BCUT2D eigenvalue weighted by Crippen LogP contribution is -2.40. The highest BCUT2D eigenvalue weighted by atomic mass is 28.4. The molecule has 0 saturated heterocycles. The zero-order valence-corrected chi connectivity index (χ0v) is 16.5. The van der Waals surface area contributed by atoms with E-state index in [9.17, 15) is 0 Å². The summed E-state index contributed by atoms with van der Waals surface area (Å²) >= 11 is 0. The lowest BCUT2D eigenvalue weighted by atomic mass is 9.89. The van der Waals surface area contributed by atoms with Crippen LogP contribution < -0.4 is 0 Å². The maximum absolute atomic E-state index is 6.32. The first-order valence-corrected chi connectivity index (χ1v) is 11.8. The fourth-order valence-electron chi connectivity index (χ4n) is 2.69. The van der Waals surface area contributed by atoms with Gasteiger partial charge < -0.3 is 4.43 Å². The molecular weight excluding hydrogens is 296 g/mol. The lowest BCUT2D eigenvalue weighted by molar-refractivity contribution is 0.283. The Hall–Kier alpha value is -1.12. The van der Waals surface area contributed by atoms with Crippen molar-refractivity contribution in [2.24, 2.45) is 0 Å². The average molecular weight is 329 g/mol. The minimum atomic E-state index is -1.61. The van der Waals surface area contributed by atoms with E-state index in [4.69, 9.17) is 4.43 Å². The number of allylic oxidation sites excluding steroid dienone is 4. The third-order valence-electron chi connectivity index (χ3n) is 5.20. The minimum absolute atomic E-state index is 0.298. The van der Waals surface area contributed by atoms with E-state index in [-0.39, 0.29) is 0 Å².